The minimum atomic E-state index is 0.297. The van der Waals surface area contributed by atoms with E-state index in [0.29, 0.717) is 16.9 Å². The fourth-order valence-electron chi connectivity index (χ4n) is 6.09. The van der Waals surface area contributed by atoms with Crippen LogP contribution in [0, 0.1) is 12.3 Å². The second-order valence-corrected chi connectivity index (χ2v) is 10.0. The molecule has 2 bridgehead atoms. The van der Waals surface area contributed by atoms with E-state index in [2.05, 4.69) is 39.5 Å². The predicted molar refractivity (Wildman–Crippen MR) is 112 cm³/mol. The first-order valence-corrected chi connectivity index (χ1v) is 11.1. The van der Waals surface area contributed by atoms with Crippen LogP contribution in [0.5, 0.6) is 0 Å². The van der Waals surface area contributed by atoms with Gasteiger partial charge in [-0.3, -0.25) is 0 Å². The van der Waals surface area contributed by atoms with Crippen molar-refractivity contribution in [3.8, 4) is 0 Å². The van der Waals surface area contributed by atoms with Crippen LogP contribution in [0.2, 0.25) is 5.02 Å². The van der Waals surface area contributed by atoms with Gasteiger partial charge in [-0.1, -0.05) is 30.2 Å². The van der Waals surface area contributed by atoms with Crippen LogP contribution in [0.25, 0.3) is 0 Å². The third-order valence-electron chi connectivity index (χ3n) is 7.32. The third-order valence-corrected chi connectivity index (χ3v) is 7.56. The lowest BCUT2D eigenvalue weighted by Crippen LogP contribution is -2.68. The molecule has 3 aliphatic carbocycles. The Kier molecular flexibility index (Phi) is 3.77. The van der Waals surface area contributed by atoms with Crippen molar-refractivity contribution < 1.29 is 0 Å². The van der Waals surface area contributed by atoms with Gasteiger partial charge in [0, 0.05) is 35.6 Å². The lowest BCUT2D eigenvalue weighted by atomic mass is 9.38. The van der Waals surface area contributed by atoms with Gasteiger partial charge >= 0.3 is 0 Å². The van der Waals surface area contributed by atoms with E-state index in [1.165, 1.54) is 37.7 Å². The monoisotopic (exact) mass is 407 g/mol. The van der Waals surface area contributed by atoms with Crippen LogP contribution in [-0.4, -0.2) is 24.3 Å². The van der Waals surface area contributed by atoms with Crippen molar-refractivity contribution in [3.63, 3.8) is 0 Å². The van der Waals surface area contributed by atoms with Crippen molar-refractivity contribution in [3.05, 3.63) is 64.7 Å². The van der Waals surface area contributed by atoms with Crippen molar-refractivity contribution in [2.45, 2.75) is 69.9 Å². The van der Waals surface area contributed by atoms with Gasteiger partial charge in [-0.15, -0.1) is 0 Å². The van der Waals surface area contributed by atoms with Crippen molar-refractivity contribution in [2.24, 2.45) is 5.41 Å². The van der Waals surface area contributed by atoms with E-state index < -0.39 is 0 Å². The normalized spacial score (nSPS) is 30.2. The molecule has 0 spiro atoms. The zero-order valence-electron chi connectivity index (χ0n) is 16.8. The molecule has 3 fully saturated rings. The molecule has 3 saturated carbocycles. The van der Waals surface area contributed by atoms with Crippen LogP contribution in [0.3, 0.4) is 0 Å². The van der Waals surface area contributed by atoms with E-state index in [1.54, 1.807) is 0 Å². The van der Waals surface area contributed by atoms with Gasteiger partial charge in [0.1, 0.15) is 5.82 Å². The van der Waals surface area contributed by atoms with Gasteiger partial charge in [0.2, 0.25) is 0 Å². The van der Waals surface area contributed by atoms with Crippen LogP contribution < -0.4 is 0 Å². The average molecular weight is 408 g/mol. The summed E-state index contributed by atoms with van der Waals surface area (Å²) >= 11 is 6.27. The fourth-order valence-corrected chi connectivity index (χ4v) is 6.29. The SMILES string of the molecule is Cc1cn(C23CC(Cc4nc5n(n4)CCCC[C@@H]5c4cccc(Cl)c4)(C2)C3)cn1. The van der Waals surface area contributed by atoms with Crippen LogP contribution in [0.15, 0.2) is 36.8 Å². The molecule has 0 unspecified atom stereocenters. The first-order valence-electron chi connectivity index (χ1n) is 10.7. The van der Waals surface area contributed by atoms with Gasteiger partial charge < -0.3 is 4.57 Å². The summed E-state index contributed by atoms with van der Waals surface area (Å²) in [5.41, 5.74) is 3.09. The Balaban J connectivity index is 1.23. The topological polar surface area (TPSA) is 48.5 Å². The molecule has 0 saturated heterocycles. The van der Waals surface area contributed by atoms with E-state index in [0.717, 1.165) is 41.8 Å². The van der Waals surface area contributed by atoms with E-state index in [1.807, 2.05) is 18.5 Å². The summed E-state index contributed by atoms with van der Waals surface area (Å²) in [7, 11) is 0. The van der Waals surface area contributed by atoms with Crippen LogP contribution >= 0.6 is 11.6 Å². The molecule has 0 amide bonds. The lowest BCUT2D eigenvalue weighted by molar-refractivity contribution is -0.187. The van der Waals surface area contributed by atoms with Gasteiger partial charge in [-0.25, -0.2) is 14.6 Å². The molecular weight excluding hydrogens is 382 g/mol. The van der Waals surface area contributed by atoms with Gasteiger partial charge in [-0.2, -0.15) is 5.10 Å². The summed E-state index contributed by atoms with van der Waals surface area (Å²) in [4.78, 5) is 9.50. The molecule has 5 nitrogen and oxygen atoms in total. The number of hydrogen-bond acceptors (Lipinski definition) is 3. The number of aryl methyl sites for hydroxylation is 2. The van der Waals surface area contributed by atoms with E-state index in [9.17, 15) is 0 Å². The molecule has 3 heterocycles. The van der Waals surface area contributed by atoms with E-state index >= 15 is 0 Å². The molecule has 7 rings (SSSR count). The first kappa shape index (κ1) is 17.7. The van der Waals surface area contributed by atoms with Crippen molar-refractivity contribution >= 4 is 11.6 Å². The highest BCUT2D eigenvalue weighted by Gasteiger charge is 2.68. The summed E-state index contributed by atoms with van der Waals surface area (Å²) in [5.74, 6) is 2.46. The molecule has 6 heteroatoms. The van der Waals surface area contributed by atoms with Crippen LogP contribution in [0.4, 0.5) is 0 Å². The predicted octanol–water partition coefficient (Wildman–Crippen LogP) is 4.87. The number of aromatic nitrogens is 5. The molecule has 2 aromatic heterocycles. The van der Waals surface area contributed by atoms with Crippen LogP contribution in [0.1, 0.15) is 67.3 Å². The standard InChI is InChI=1S/C23H26ClN5/c1-16-11-28(15-25-16)23-12-22(13-23,14-23)10-20-26-21-19(7-2-3-8-29(21)27-20)17-5-4-6-18(24)9-17/h4-6,9,11,15,19H,2-3,7-8,10,12-14H2,1H3/t19-,22?,23?/m1/s1. The minimum absolute atomic E-state index is 0.297. The molecule has 3 aromatic rings. The number of hydrogen-bond donors (Lipinski definition) is 0. The Morgan fingerprint density at radius 2 is 2.07 bits per heavy atom. The Morgan fingerprint density at radius 1 is 1.21 bits per heavy atom. The van der Waals surface area contributed by atoms with E-state index in [4.69, 9.17) is 21.7 Å². The molecule has 0 N–H and O–H groups in total. The second-order valence-electron chi connectivity index (χ2n) is 9.57. The second kappa shape index (κ2) is 6.18. The van der Waals surface area contributed by atoms with E-state index in [-0.39, 0.29) is 0 Å². The average Bonchev–Trinajstić information content (AvgIpc) is 3.18. The molecule has 29 heavy (non-hydrogen) atoms. The largest absolute Gasteiger partial charge is 0.331 e. The minimum Gasteiger partial charge on any atom is -0.331 e. The summed E-state index contributed by atoms with van der Waals surface area (Å²) in [5, 5.41) is 5.75. The maximum Gasteiger partial charge on any atom is 0.151 e. The van der Waals surface area contributed by atoms with Gasteiger partial charge in [0.15, 0.2) is 5.82 Å². The highest BCUT2D eigenvalue weighted by Crippen LogP contribution is 2.72. The number of halogens is 1. The van der Waals surface area contributed by atoms with Gasteiger partial charge in [0.05, 0.1) is 12.0 Å². The molecular formula is C23H26ClN5. The van der Waals surface area contributed by atoms with Crippen molar-refractivity contribution in [2.75, 3.05) is 0 Å². The highest BCUT2D eigenvalue weighted by atomic mass is 35.5. The van der Waals surface area contributed by atoms with Crippen LogP contribution in [-0.2, 0) is 18.5 Å². The Bertz CT molecular complexity index is 1060. The Morgan fingerprint density at radius 3 is 2.83 bits per heavy atom. The Labute approximate surface area is 176 Å². The van der Waals surface area contributed by atoms with Crippen molar-refractivity contribution in [1.82, 2.24) is 24.3 Å². The molecule has 1 aromatic carbocycles. The molecule has 1 aliphatic heterocycles. The zero-order valence-corrected chi connectivity index (χ0v) is 17.6. The van der Waals surface area contributed by atoms with Gasteiger partial charge in [0.25, 0.3) is 0 Å². The molecule has 0 radical (unpaired) electrons. The maximum atomic E-state index is 6.27. The third kappa shape index (κ3) is 2.77. The summed E-state index contributed by atoms with van der Waals surface area (Å²) in [6, 6.07) is 8.26. The first-order chi connectivity index (χ1) is 14.0. The fraction of sp³-hybridized carbons (Fsp3) is 0.522. The zero-order chi connectivity index (χ0) is 19.6. The molecule has 1 atom stereocenters. The number of rotatable bonds is 4. The van der Waals surface area contributed by atoms with Gasteiger partial charge in [-0.05, 0) is 62.1 Å². The number of imidazole rings is 1. The van der Waals surface area contributed by atoms with Crippen molar-refractivity contribution in [1.29, 1.82) is 0 Å². The summed E-state index contributed by atoms with van der Waals surface area (Å²) in [6.07, 6.45) is 12.4. The smallest absolute Gasteiger partial charge is 0.151 e. The Hall–Kier alpha value is -2.14. The maximum absolute atomic E-state index is 6.27. The molecule has 4 aliphatic rings. The highest BCUT2D eigenvalue weighted by molar-refractivity contribution is 6.30. The summed E-state index contributed by atoms with van der Waals surface area (Å²) < 4.78 is 4.52. The number of fused-ring (bicyclic) bond motifs is 1. The lowest BCUT2D eigenvalue weighted by Gasteiger charge is -2.71. The number of benzene rings is 1. The molecule has 150 valence electrons. The number of nitrogens with zero attached hydrogens (tertiary/aromatic N) is 5. The summed E-state index contributed by atoms with van der Waals surface area (Å²) in [6.45, 7) is 3.04. The quantitative estimate of drug-likeness (QED) is 0.619.